The van der Waals surface area contributed by atoms with Crippen LogP contribution in [-0.2, 0) is 4.74 Å². The molecule has 1 aliphatic rings. The molecule has 0 aromatic carbocycles. The fourth-order valence-electron chi connectivity index (χ4n) is 1.94. The van der Waals surface area contributed by atoms with Gasteiger partial charge in [0.05, 0.1) is 13.2 Å². The van der Waals surface area contributed by atoms with Gasteiger partial charge in [-0.3, -0.25) is 0 Å². The maximum absolute atomic E-state index is 5.51. The van der Waals surface area contributed by atoms with E-state index in [1.54, 1.807) is 0 Å². The highest BCUT2D eigenvalue weighted by molar-refractivity contribution is 4.78. The maximum Gasteiger partial charge on any atom is 0.0645 e. The molecule has 12 heavy (non-hydrogen) atoms. The predicted octanol–water partition coefficient (Wildman–Crippen LogP) is 3.16. The average molecular weight is 168 g/mol. The second-order valence-corrected chi connectivity index (χ2v) is 4.18. The average Bonchev–Trinajstić information content (AvgIpc) is 2.06. The van der Waals surface area contributed by atoms with Crippen molar-refractivity contribution in [2.24, 2.45) is 5.41 Å². The van der Waals surface area contributed by atoms with Crippen LogP contribution in [0.15, 0.2) is 12.7 Å². The van der Waals surface area contributed by atoms with Gasteiger partial charge < -0.3 is 4.74 Å². The Morgan fingerprint density at radius 3 is 2.58 bits per heavy atom. The van der Waals surface area contributed by atoms with E-state index in [0.29, 0.717) is 12.0 Å². The smallest absolute Gasteiger partial charge is 0.0645 e. The van der Waals surface area contributed by atoms with Crippen LogP contribution in [0.5, 0.6) is 0 Å². The summed E-state index contributed by atoms with van der Waals surface area (Å²) in [6.45, 7) is 7.60. The van der Waals surface area contributed by atoms with Crippen molar-refractivity contribution < 1.29 is 4.74 Å². The minimum absolute atomic E-state index is 0.460. The van der Waals surface area contributed by atoms with Crippen LogP contribution in [0.1, 0.15) is 39.0 Å². The zero-order valence-corrected chi connectivity index (χ0v) is 8.14. The Morgan fingerprint density at radius 1 is 1.33 bits per heavy atom. The maximum atomic E-state index is 5.51. The van der Waals surface area contributed by atoms with Crippen LogP contribution < -0.4 is 0 Å². The fourth-order valence-corrected chi connectivity index (χ4v) is 1.94. The van der Waals surface area contributed by atoms with Crippen LogP contribution in [-0.4, -0.2) is 13.2 Å². The van der Waals surface area contributed by atoms with Crippen LogP contribution in [0.4, 0.5) is 0 Å². The van der Waals surface area contributed by atoms with Gasteiger partial charge in [-0.2, -0.15) is 0 Å². The van der Waals surface area contributed by atoms with Crippen molar-refractivity contribution in [1.82, 2.24) is 0 Å². The van der Waals surface area contributed by atoms with Crippen LogP contribution in [0, 0.1) is 5.41 Å². The molecule has 0 heterocycles. The van der Waals surface area contributed by atoms with Crippen molar-refractivity contribution in [1.29, 1.82) is 0 Å². The topological polar surface area (TPSA) is 9.23 Å². The fraction of sp³-hybridized carbons (Fsp3) is 0.818. The van der Waals surface area contributed by atoms with E-state index in [4.69, 9.17) is 4.74 Å². The summed E-state index contributed by atoms with van der Waals surface area (Å²) in [6.07, 6.45) is 8.68. The van der Waals surface area contributed by atoms with Gasteiger partial charge in [-0.1, -0.05) is 32.3 Å². The minimum Gasteiger partial charge on any atom is -0.377 e. The van der Waals surface area contributed by atoms with Gasteiger partial charge in [-0.05, 0) is 18.3 Å². The quantitative estimate of drug-likeness (QED) is 0.463. The molecule has 1 heteroatoms. The molecule has 0 amide bonds. The predicted molar refractivity (Wildman–Crippen MR) is 52.2 cm³/mol. The standard InChI is InChI=1S/C11H20O/c1-3-9-12-10-11(2)7-5-4-6-8-11/h3H,1,4-10H2,2H3. The van der Waals surface area contributed by atoms with Crippen LogP contribution in [0.2, 0.25) is 0 Å². The Morgan fingerprint density at radius 2 is 2.00 bits per heavy atom. The number of rotatable bonds is 4. The summed E-state index contributed by atoms with van der Waals surface area (Å²) in [5.74, 6) is 0. The SMILES string of the molecule is C=CCOCC1(C)CCCCC1. The van der Waals surface area contributed by atoms with E-state index >= 15 is 0 Å². The Labute approximate surface area is 75.8 Å². The minimum atomic E-state index is 0.460. The van der Waals surface area contributed by atoms with Gasteiger partial charge in [0, 0.05) is 0 Å². The van der Waals surface area contributed by atoms with Crippen molar-refractivity contribution in [3.63, 3.8) is 0 Å². The third kappa shape index (κ3) is 2.98. The van der Waals surface area contributed by atoms with Gasteiger partial charge in [0.15, 0.2) is 0 Å². The third-order valence-corrected chi connectivity index (χ3v) is 2.75. The number of ether oxygens (including phenoxy) is 1. The molecule has 0 saturated heterocycles. The Kier molecular flexibility index (Phi) is 3.80. The Balaban J connectivity index is 2.21. The first-order chi connectivity index (χ1) is 5.77. The highest BCUT2D eigenvalue weighted by atomic mass is 16.5. The molecule has 1 rings (SSSR count). The van der Waals surface area contributed by atoms with Gasteiger partial charge in [0.2, 0.25) is 0 Å². The van der Waals surface area contributed by atoms with Gasteiger partial charge >= 0.3 is 0 Å². The van der Waals surface area contributed by atoms with Gasteiger partial charge in [-0.15, -0.1) is 6.58 Å². The van der Waals surface area contributed by atoms with Gasteiger partial charge in [0.25, 0.3) is 0 Å². The molecule has 0 aliphatic heterocycles. The molecule has 1 aliphatic carbocycles. The monoisotopic (exact) mass is 168 g/mol. The third-order valence-electron chi connectivity index (χ3n) is 2.75. The summed E-state index contributed by atoms with van der Waals surface area (Å²) in [5, 5.41) is 0. The highest BCUT2D eigenvalue weighted by Gasteiger charge is 2.26. The van der Waals surface area contributed by atoms with Crippen molar-refractivity contribution >= 4 is 0 Å². The van der Waals surface area contributed by atoms with Gasteiger partial charge in [0.1, 0.15) is 0 Å². The number of hydrogen-bond donors (Lipinski definition) is 0. The van der Waals surface area contributed by atoms with E-state index in [2.05, 4.69) is 13.5 Å². The summed E-state index contributed by atoms with van der Waals surface area (Å²) < 4.78 is 5.51. The first-order valence-electron chi connectivity index (χ1n) is 4.95. The zero-order valence-electron chi connectivity index (χ0n) is 8.14. The lowest BCUT2D eigenvalue weighted by Crippen LogP contribution is -2.26. The lowest BCUT2D eigenvalue weighted by Gasteiger charge is -2.32. The lowest BCUT2D eigenvalue weighted by molar-refractivity contribution is 0.0453. The first-order valence-corrected chi connectivity index (χ1v) is 4.95. The molecular formula is C11H20O. The van der Waals surface area contributed by atoms with Gasteiger partial charge in [-0.25, -0.2) is 0 Å². The summed E-state index contributed by atoms with van der Waals surface area (Å²) in [6, 6.07) is 0. The highest BCUT2D eigenvalue weighted by Crippen LogP contribution is 2.35. The van der Waals surface area contributed by atoms with E-state index < -0.39 is 0 Å². The first kappa shape index (κ1) is 9.79. The molecule has 0 N–H and O–H groups in total. The normalized spacial score (nSPS) is 22.1. The van der Waals surface area contributed by atoms with Crippen LogP contribution in [0.25, 0.3) is 0 Å². The summed E-state index contributed by atoms with van der Waals surface area (Å²) in [5.41, 5.74) is 0.460. The molecule has 1 nitrogen and oxygen atoms in total. The van der Waals surface area contributed by atoms with Crippen molar-refractivity contribution in [2.75, 3.05) is 13.2 Å². The summed E-state index contributed by atoms with van der Waals surface area (Å²) >= 11 is 0. The molecule has 1 saturated carbocycles. The van der Waals surface area contributed by atoms with Crippen molar-refractivity contribution in [2.45, 2.75) is 39.0 Å². The van der Waals surface area contributed by atoms with Crippen LogP contribution >= 0.6 is 0 Å². The van der Waals surface area contributed by atoms with Crippen molar-refractivity contribution in [3.8, 4) is 0 Å². The molecule has 0 atom stereocenters. The molecular weight excluding hydrogens is 148 g/mol. The zero-order chi connectivity index (χ0) is 8.86. The number of hydrogen-bond acceptors (Lipinski definition) is 1. The summed E-state index contributed by atoms with van der Waals surface area (Å²) in [4.78, 5) is 0. The second-order valence-electron chi connectivity index (χ2n) is 4.18. The molecule has 1 fully saturated rings. The summed E-state index contributed by atoms with van der Waals surface area (Å²) in [7, 11) is 0. The molecule has 0 aromatic rings. The molecule has 0 radical (unpaired) electrons. The van der Waals surface area contributed by atoms with E-state index in [9.17, 15) is 0 Å². The van der Waals surface area contributed by atoms with Crippen molar-refractivity contribution in [3.05, 3.63) is 12.7 Å². The lowest BCUT2D eigenvalue weighted by atomic mass is 9.76. The Hall–Kier alpha value is -0.300. The van der Waals surface area contributed by atoms with E-state index in [0.717, 1.165) is 6.61 Å². The second kappa shape index (κ2) is 4.66. The van der Waals surface area contributed by atoms with Crippen LogP contribution in [0.3, 0.4) is 0 Å². The molecule has 0 bridgehead atoms. The molecule has 0 aromatic heterocycles. The van der Waals surface area contributed by atoms with E-state index in [-0.39, 0.29) is 0 Å². The Bertz CT molecular complexity index is 134. The largest absolute Gasteiger partial charge is 0.377 e. The molecule has 0 spiro atoms. The molecule has 0 unspecified atom stereocenters. The molecule has 70 valence electrons. The van der Waals surface area contributed by atoms with E-state index in [1.807, 2.05) is 6.08 Å². The van der Waals surface area contributed by atoms with E-state index in [1.165, 1.54) is 32.1 Å².